The predicted octanol–water partition coefficient (Wildman–Crippen LogP) is 6.30. The Bertz CT molecular complexity index is 2230. The molecule has 322 valence electrons. The van der Waals surface area contributed by atoms with E-state index in [-0.39, 0.29) is 51.1 Å². The van der Waals surface area contributed by atoms with Crippen LogP contribution in [0.25, 0.3) is 10.8 Å². The van der Waals surface area contributed by atoms with Crippen molar-refractivity contribution in [3.05, 3.63) is 88.7 Å². The smallest absolute Gasteiger partial charge is 0.312 e. The number of fused-ring (bicyclic) bond motifs is 14. The van der Waals surface area contributed by atoms with E-state index in [2.05, 4.69) is 10.5 Å². The molecule has 0 aliphatic carbocycles. The second-order valence-corrected chi connectivity index (χ2v) is 15.6. The lowest BCUT2D eigenvalue weighted by Crippen LogP contribution is -2.46. The third-order valence-corrected chi connectivity index (χ3v) is 11.4. The first-order valence-corrected chi connectivity index (χ1v) is 19.6. The first-order chi connectivity index (χ1) is 28.3. The van der Waals surface area contributed by atoms with E-state index < -0.39 is 88.8 Å². The van der Waals surface area contributed by atoms with Crippen LogP contribution in [0.5, 0.6) is 23.0 Å². The summed E-state index contributed by atoms with van der Waals surface area (Å²) < 4.78 is 23.5. The number of hydrogen-bond acceptors (Lipinski definition) is 14. The number of hydrogen-bond donors (Lipinski definition) is 6. The molecular formula is C45H54N2O13. The van der Waals surface area contributed by atoms with Crippen LogP contribution < -0.4 is 10.1 Å². The van der Waals surface area contributed by atoms with Crippen LogP contribution in [-0.4, -0.2) is 86.7 Å². The number of phenols is 3. The zero-order chi connectivity index (χ0) is 44.2. The number of nitrogens with one attached hydrogen (secondary N) is 1. The largest absolute Gasteiger partial charge is 0.507 e. The van der Waals surface area contributed by atoms with Crippen molar-refractivity contribution < 1.29 is 63.7 Å². The molecule has 0 radical (unpaired) electrons. The lowest BCUT2D eigenvalue weighted by atomic mass is 9.78. The Balaban J connectivity index is 1.69. The van der Waals surface area contributed by atoms with Crippen molar-refractivity contribution in [2.24, 2.45) is 28.8 Å². The number of carbonyl (C=O) groups is 3. The van der Waals surface area contributed by atoms with E-state index in [1.807, 2.05) is 30.3 Å². The highest BCUT2D eigenvalue weighted by atomic mass is 16.7. The van der Waals surface area contributed by atoms with Crippen LogP contribution in [0.1, 0.15) is 75.5 Å². The Morgan fingerprint density at radius 3 is 2.27 bits per heavy atom. The first-order valence-electron chi connectivity index (χ1n) is 19.6. The molecule has 0 fully saturated rings. The van der Waals surface area contributed by atoms with Crippen LogP contribution in [0.15, 0.2) is 71.6 Å². The van der Waals surface area contributed by atoms with Crippen molar-refractivity contribution in [3.63, 3.8) is 0 Å². The number of aliphatic hydroxyl groups excluding tert-OH is 2. The van der Waals surface area contributed by atoms with Gasteiger partial charge in [0, 0.05) is 61.2 Å². The number of benzene rings is 3. The molecular weight excluding hydrogens is 776 g/mol. The number of carbonyl (C=O) groups excluding carboxylic acids is 3. The van der Waals surface area contributed by atoms with Crippen LogP contribution in [0.2, 0.25) is 0 Å². The number of aromatic hydroxyl groups is 3. The van der Waals surface area contributed by atoms with Crippen LogP contribution in [0.3, 0.4) is 0 Å². The molecule has 0 saturated carbocycles. The Labute approximate surface area is 348 Å². The molecule has 60 heavy (non-hydrogen) atoms. The molecule has 6 N–H and O–H groups in total. The number of ketones is 1. The molecule has 9 unspecified atom stereocenters. The second kappa shape index (κ2) is 18.6. The number of methoxy groups -OCH3 is 1. The highest BCUT2D eigenvalue weighted by Gasteiger charge is 2.50. The van der Waals surface area contributed by atoms with E-state index in [0.717, 1.165) is 11.8 Å². The molecule has 6 rings (SSSR count). The maximum atomic E-state index is 14.4. The van der Waals surface area contributed by atoms with E-state index in [1.54, 1.807) is 39.8 Å². The van der Waals surface area contributed by atoms with Gasteiger partial charge in [0.15, 0.2) is 5.75 Å². The lowest BCUT2D eigenvalue weighted by Gasteiger charge is -2.38. The van der Waals surface area contributed by atoms with Crippen LogP contribution in [-0.2, 0) is 35.2 Å². The number of aliphatic hydroxyl groups is 2. The molecule has 0 aromatic heterocycles. The zero-order valence-electron chi connectivity index (χ0n) is 35.1. The minimum Gasteiger partial charge on any atom is -0.507 e. The monoisotopic (exact) mass is 830 g/mol. The highest BCUT2D eigenvalue weighted by Crippen LogP contribution is 2.55. The summed E-state index contributed by atoms with van der Waals surface area (Å²) in [5, 5.41) is 64.2. The fourth-order valence-electron chi connectivity index (χ4n) is 7.65. The van der Waals surface area contributed by atoms with Gasteiger partial charge in [-0.1, -0.05) is 81.4 Å². The predicted molar refractivity (Wildman–Crippen MR) is 223 cm³/mol. The molecule has 3 aromatic carbocycles. The Hall–Kier alpha value is -5.90. The summed E-state index contributed by atoms with van der Waals surface area (Å²) in [7, 11) is 1.43. The summed E-state index contributed by atoms with van der Waals surface area (Å²) >= 11 is 0. The van der Waals surface area contributed by atoms with Gasteiger partial charge in [-0.2, -0.15) is 0 Å². The molecule has 0 saturated heterocycles. The quantitative estimate of drug-likeness (QED) is 0.0528. The first kappa shape index (κ1) is 45.2. The maximum absolute atomic E-state index is 14.4. The van der Waals surface area contributed by atoms with Crippen LogP contribution in [0.4, 0.5) is 5.69 Å². The van der Waals surface area contributed by atoms with Crippen molar-refractivity contribution in [1.29, 1.82) is 0 Å². The standard InChI is InChI=1S/C45H54N2O13/c1-22-14-13-15-23(2)44(55)47-35-30(20-46-58-21-29-16-11-10-12-17-29)39(52)32-33(40(35)53)38(51)27(6)42-34(32)43(54)45(8,60-42)57-19-18-31(56-9)24(3)41(59-28(7)48)26(5)37(50)25(4)36(22)49/h10-20,22,24-26,31,36-37,41,49-53H,21H2,1-9H3,(H,47,55). The molecule has 0 spiro atoms. The number of anilines is 1. The van der Waals surface area contributed by atoms with E-state index >= 15 is 0 Å². The van der Waals surface area contributed by atoms with Crippen molar-refractivity contribution in [1.82, 2.24) is 0 Å². The van der Waals surface area contributed by atoms with Crippen molar-refractivity contribution in [2.75, 3.05) is 12.4 Å². The van der Waals surface area contributed by atoms with Gasteiger partial charge in [-0.15, -0.1) is 0 Å². The zero-order valence-corrected chi connectivity index (χ0v) is 35.1. The fraction of sp³-hybridized carbons (Fsp3) is 0.422. The molecule has 3 aliphatic heterocycles. The van der Waals surface area contributed by atoms with Crippen molar-refractivity contribution >= 4 is 40.3 Å². The van der Waals surface area contributed by atoms with Crippen molar-refractivity contribution in [3.8, 4) is 23.0 Å². The number of amides is 1. The molecule has 5 bridgehead atoms. The lowest BCUT2D eigenvalue weighted by molar-refractivity contribution is -0.160. The number of Topliss-reactive ketones (excluding diaryl/α,β-unsaturated/α-hetero) is 1. The number of nitrogens with zero attached hydrogens (tertiary/aromatic N) is 1. The number of ether oxygens (including phenoxy) is 4. The molecule has 15 heteroatoms. The summed E-state index contributed by atoms with van der Waals surface area (Å²) in [5.74, 6) is -8.73. The van der Waals surface area contributed by atoms with E-state index in [4.69, 9.17) is 23.8 Å². The van der Waals surface area contributed by atoms with Gasteiger partial charge in [0.1, 0.15) is 30.0 Å². The van der Waals surface area contributed by atoms with Crippen molar-refractivity contribution in [2.45, 2.75) is 92.2 Å². The summed E-state index contributed by atoms with van der Waals surface area (Å²) in [4.78, 5) is 45.9. The van der Waals surface area contributed by atoms with Gasteiger partial charge in [-0.05, 0) is 25.5 Å². The minimum absolute atomic E-state index is 0.0270. The van der Waals surface area contributed by atoms with E-state index in [0.29, 0.717) is 0 Å². The van der Waals surface area contributed by atoms with Gasteiger partial charge in [-0.25, -0.2) is 0 Å². The normalized spacial score (nSPS) is 27.8. The molecule has 15 nitrogen and oxygen atoms in total. The Morgan fingerprint density at radius 2 is 1.62 bits per heavy atom. The molecule has 3 aromatic rings. The minimum atomic E-state index is -2.07. The van der Waals surface area contributed by atoms with Gasteiger partial charge in [0.25, 0.3) is 11.7 Å². The molecule has 3 aliphatic rings. The number of esters is 1. The third-order valence-electron chi connectivity index (χ3n) is 11.4. The summed E-state index contributed by atoms with van der Waals surface area (Å²) in [6.07, 6.45) is 4.47. The fourth-order valence-corrected chi connectivity index (χ4v) is 7.65. The van der Waals surface area contributed by atoms with Gasteiger partial charge in [0.2, 0.25) is 0 Å². The number of rotatable bonds is 6. The van der Waals surface area contributed by atoms with Gasteiger partial charge in [0.05, 0.1) is 53.0 Å². The SMILES string of the molecule is COC1C=COC2(C)Oc3c(C)c(O)c4c(O)c(c(C=NOCc5ccccc5)c(O)c4c3C2=O)NC(=O)C(C)=CC=CC(C)C(O)C(C)C(O)C(C)C(OC(C)=O)C1C. The second-order valence-electron chi connectivity index (χ2n) is 15.6. The van der Waals surface area contributed by atoms with E-state index in [9.17, 15) is 39.9 Å². The average molecular weight is 831 g/mol. The van der Waals surface area contributed by atoms with E-state index in [1.165, 1.54) is 53.2 Å². The molecule has 1 amide bonds. The Morgan fingerprint density at radius 1 is 0.933 bits per heavy atom. The van der Waals surface area contributed by atoms with Crippen LogP contribution >= 0.6 is 0 Å². The molecule has 9 atom stereocenters. The number of phenolic OH excluding ortho intramolecular Hbond substituents is 3. The summed E-state index contributed by atoms with van der Waals surface area (Å²) in [5.41, 5.74) is 0.113. The Kier molecular flexibility index (Phi) is 14.0. The molecule has 3 heterocycles. The highest BCUT2D eigenvalue weighted by molar-refractivity contribution is 6.23. The maximum Gasteiger partial charge on any atom is 0.312 e. The average Bonchev–Trinajstić information content (AvgIpc) is 3.48. The van der Waals surface area contributed by atoms with Gasteiger partial charge in [-0.3, -0.25) is 14.4 Å². The topological polar surface area (TPSA) is 223 Å². The summed E-state index contributed by atoms with van der Waals surface area (Å²) in [6, 6.07) is 9.10. The van der Waals surface area contributed by atoms with Gasteiger partial charge >= 0.3 is 11.8 Å². The van der Waals surface area contributed by atoms with Crippen LogP contribution in [0, 0.1) is 30.6 Å². The number of allylic oxidation sites excluding steroid dienone is 2. The van der Waals surface area contributed by atoms with Gasteiger partial charge < -0.3 is 54.6 Å². The third kappa shape index (κ3) is 8.98. The summed E-state index contributed by atoms with van der Waals surface area (Å²) in [6.45, 7) is 12.4. The number of oxime groups is 1.